The monoisotopic (exact) mass is 446 g/mol. The van der Waals surface area contributed by atoms with Crippen LogP contribution >= 0.6 is 0 Å². The first kappa shape index (κ1) is 21.7. The molecule has 0 saturated carbocycles. The van der Waals surface area contributed by atoms with E-state index in [4.69, 9.17) is 9.15 Å². The van der Waals surface area contributed by atoms with E-state index in [-0.39, 0.29) is 11.3 Å². The largest absolute Gasteiger partial charge is 0.496 e. The van der Waals surface area contributed by atoms with Crippen molar-refractivity contribution in [3.63, 3.8) is 0 Å². The van der Waals surface area contributed by atoms with Gasteiger partial charge in [-0.05, 0) is 68.2 Å². The number of carbonyl (C=O) groups is 1. The van der Waals surface area contributed by atoms with Gasteiger partial charge in [0, 0.05) is 5.41 Å². The molecule has 2 aliphatic rings. The number of methoxy groups -OCH3 is 1. The lowest BCUT2D eigenvalue weighted by atomic mass is 9.72. The molecular formula is C27H30N2O4. The average Bonchev–Trinajstić information content (AvgIpc) is 3.35. The molecule has 1 aliphatic heterocycles. The number of carbonyl (C=O) groups excluding carboxylic acids is 1. The summed E-state index contributed by atoms with van der Waals surface area (Å²) in [5.74, 6) is 2.17. The molecule has 2 atom stereocenters. The maximum Gasteiger partial charge on any atom is 0.255 e. The van der Waals surface area contributed by atoms with Gasteiger partial charge in [-0.2, -0.15) is 0 Å². The summed E-state index contributed by atoms with van der Waals surface area (Å²) in [4.78, 5) is 15.5. The number of piperidine rings is 1. The van der Waals surface area contributed by atoms with Crippen LogP contribution in [-0.2, 0) is 12.0 Å². The van der Waals surface area contributed by atoms with Gasteiger partial charge in [0.1, 0.15) is 17.3 Å². The van der Waals surface area contributed by atoms with Gasteiger partial charge in [0.05, 0.1) is 31.4 Å². The van der Waals surface area contributed by atoms with E-state index in [1.807, 2.05) is 49.4 Å². The van der Waals surface area contributed by atoms with Crippen molar-refractivity contribution < 1.29 is 19.1 Å². The van der Waals surface area contributed by atoms with E-state index >= 15 is 0 Å². The fourth-order valence-corrected chi connectivity index (χ4v) is 5.54. The molecule has 1 aliphatic carbocycles. The van der Waals surface area contributed by atoms with Gasteiger partial charge in [0.25, 0.3) is 5.91 Å². The van der Waals surface area contributed by atoms with Crippen LogP contribution in [0.4, 0.5) is 0 Å². The molecule has 172 valence electrons. The molecule has 2 aromatic carbocycles. The smallest absolute Gasteiger partial charge is 0.255 e. The van der Waals surface area contributed by atoms with Crippen molar-refractivity contribution in [2.24, 2.45) is 0 Å². The first-order chi connectivity index (χ1) is 16.0. The second kappa shape index (κ2) is 8.69. The molecule has 1 saturated heterocycles. The molecule has 6 heteroatoms. The highest BCUT2D eigenvalue weighted by Gasteiger charge is 2.53. The van der Waals surface area contributed by atoms with Gasteiger partial charge in [-0.25, -0.2) is 0 Å². The summed E-state index contributed by atoms with van der Waals surface area (Å²) in [6.07, 6.45) is 0.958. The van der Waals surface area contributed by atoms with Gasteiger partial charge >= 0.3 is 0 Å². The molecule has 0 bridgehead atoms. The minimum absolute atomic E-state index is 0.242. The number of ether oxygens (including phenoxy) is 1. The lowest BCUT2D eigenvalue weighted by molar-refractivity contribution is 0.0180. The van der Waals surface area contributed by atoms with Gasteiger partial charge in [0.2, 0.25) is 0 Å². The van der Waals surface area contributed by atoms with E-state index in [1.165, 1.54) is 0 Å². The lowest BCUT2D eigenvalue weighted by Crippen LogP contribution is -2.49. The van der Waals surface area contributed by atoms with E-state index in [9.17, 15) is 9.90 Å². The highest BCUT2D eigenvalue weighted by molar-refractivity contribution is 5.97. The number of hydrogen-bond acceptors (Lipinski definition) is 5. The number of amides is 1. The molecule has 0 unspecified atom stereocenters. The number of likely N-dealkylation sites (tertiary alicyclic amines) is 1. The first-order valence-corrected chi connectivity index (χ1v) is 11.5. The third kappa shape index (κ3) is 3.83. The molecule has 0 radical (unpaired) electrons. The van der Waals surface area contributed by atoms with E-state index in [0.29, 0.717) is 11.3 Å². The Labute approximate surface area is 194 Å². The van der Waals surface area contributed by atoms with Crippen molar-refractivity contribution >= 4 is 5.91 Å². The summed E-state index contributed by atoms with van der Waals surface area (Å²) in [5.41, 5.74) is 2.25. The zero-order valence-corrected chi connectivity index (χ0v) is 19.1. The minimum Gasteiger partial charge on any atom is -0.496 e. The van der Waals surface area contributed by atoms with Crippen molar-refractivity contribution in [1.29, 1.82) is 0 Å². The summed E-state index contributed by atoms with van der Waals surface area (Å²) in [7, 11) is 1.55. The number of furan rings is 1. The Morgan fingerprint density at radius 1 is 1.12 bits per heavy atom. The number of aliphatic hydroxyl groups excluding tert-OH is 1. The fraction of sp³-hybridized carbons (Fsp3) is 0.370. The minimum atomic E-state index is -0.693. The van der Waals surface area contributed by atoms with Crippen molar-refractivity contribution in [2.75, 3.05) is 20.2 Å². The van der Waals surface area contributed by atoms with Crippen LogP contribution in [-0.4, -0.2) is 42.2 Å². The SMILES string of the molecule is COc1ccccc1C(=O)N[C@@H]1c2ccccc2C2(CCN(Cc3ccc(C)o3)CC2)[C@H]1O. The summed E-state index contributed by atoms with van der Waals surface area (Å²) < 4.78 is 11.1. The van der Waals surface area contributed by atoms with Crippen LogP contribution in [0.1, 0.15) is 51.9 Å². The van der Waals surface area contributed by atoms with Crippen molar-refractivity contribution in [2.45, 2.75) is 43.9 Å². The normalized spacial score (nSPS) is 21.7. The standard InChI is InChI=1S/C27H30N2O4/c1-18-11-12-19(33-18)17-29-15-13-27(14-16-29)22-9-5-3-7-20(22)24(25(27)30)28-26(31)21-8-4-6-10-23(21)32-2/h3-12,24-25,30H,13-17H2,1-2H3,(H,28,31)/t24-,25+/m1/s1. The maximum atomic E-state index is 13.1. The van der Waals surface area contributed by atoms with Crippen LogP contribution in [0.3, 0.4) is 0 Å². The number of aryl methyl sites for hydroxylation is 1. The van der Waals surface area contributed by atoms with Gasteiger partial charge < -0.3 is 19.6 Å². The lowest BCUT2D eigenvalue weighted by Gasteiger charge is -2.42. The predicted octanol–water partition coefficient (Wildman–Crippen LogP) is 3.98. The molecule has 2 N–H and O–H groups in total. The van der Waals surface area contributed by atoms with E-state index in [1.54, 1.807) is 19.2 Å². The number of nitrogens with zero attached hydrogens (tertiary/aromatic N) is 1. The molecular weight excluding hydrogens is 416 g/mol. The van der Waals surface area contributed by atoms with Gasteiger partial charge in [-0.3, -0.25) is 9.69 Å². The van der Waals surface area contributed by atoms with Gasteiger partial charge in [-0.1, -0.05) is 36.4 Å². The van der Waals surface area contributed by atoms with E-state index in [0.717, 1.165) is 55.1 Å². The highest BCUT2D eigenvalue weighted by atomic mass is 16.5. The maximum absolute atomic E-state index is 13.1. The number of rotatable bonds is 5. The number of nitrogens with one attached hydrogen (secondary N) is 1. The molecule has 6 nitrogen and oxygen atoms in total. The summed E-state index contributed by atoms with van der Waals surface area (Å²) in [6, 6.07) is 18.9. The number of hydrogen-bond donors (Lipinski definition) is 2. The second-order valence-electron chi connectivity index (χ2n) is 9.13. The van der Waals surface area contributed by atoms with Crippen LogP contribution in [0.15, 0.2) is 65.1 Å². The third-order valence-electron chi connectivity index (χ3n) is 7.28. The predicted molar refractivity (Wildman–Crippen MR) is 125 cm³/mol. The van der Waals surface area contributed by atoms with E-state index < -0.39 is 12.1 Å². The van der Waals surface area contributed by atoms with Crippen LogP contribution < -0.4 is 10.1 Å². The molecule has 1 aromatic heterocycles. The molecule has 1 amide bonds. The number of para-hydroxylation sites is 1. The Balaban J connectivity index is 1.37. The average molecular weight is 447 g/mol. The zero-order valence-electron chi connectivity index (χ0n) is 19.1. The van der Waals surface area contributed by atoms with Crippen LogP contribution in [0.25, 0.3) is 0 Å². The van der Waals surface area contributed by atoms with Crippen LogP contribution in [0.5, 0.6) is 5.75 Å². The highest BCUT2D eigenvalue weighted by Crippen LogP contribution is 2.51. The van der Waals surface area contributed by atoms with Crippen molar-refractivity contribution in [3.8, 4) is 5.75 Å². The summed E-state index contributed by atoms with van der Waals surface area (Å²) >= 11 is 0. The fourth-order valence-electron chi connectivity index (χ4n) is 5.54. The Kier molecular flexibility index (Phi) is 5.72. The topological polar surface area (TPSA) is 74.9 Å². The van der Waals surface area contributed by atoms with Gasteiger partial charge in [-0.15, -0.1) is 0 Å². The molecule has 1 fully saturated rings. The van der Waals surface area contributed by atoms with Crippen LogP contribution in [0.2, 0.25) is 0 Å². The van der Waals surface area contributed by atoms with Crippen molar-refractivity contribution in [3.05, 3.63) is 88.9 Å². The quantitative estimate of drug-likeness (QED) is 0.620. The second-order valence-corrected chi connectivity index (χ2v) is 9.13. The molecule has 5 rings (SSSR count). The summed E-state index contributed by atoms with van der Waals surface area (Å²) in [6.45, 7) is 4.45. The Morgan fingerprint density at radius 2 is 1.85 bits per heavy atom. The van der Waals surface area contributed by atoms with Crippen LogP contribution in [0, 0.1) is 6.92 Å². The Bertz CT molecular complexity index is 1150. The number of aliphatic hydroxyl groups is 1. The summed E-state index contributed by atoms with van der Waals surface area (Å²) in [5, 5.41) is 14.7. The molecule has 1 spiro atoms. The zero-order chi connectivity index (χ0) is 23.0. The third-order valence-corrected chi connectivity index (χ3v) is 7.28. The first-order valence-electron chi connectivity index (χ1n) is 11.5. The van der Waals surface area contributed by atoms with E-state index in [2.05, 4.69) is 16.3 Å². The number of fused-ring (bicyclic) bond motifs is 2. The Morgan fingerprint density at radius 3 is 2.58 bits per heavy atom. The molecule has 3 aromatic rings. The molecule has 2 heterocycles. The molecule has 33 heavy (non-hydrogen) atoms. The van der Waals surface area contributed by atoms with Crippen molar-refractivity contribution in [1.82, 2.24) is 10.2 Å². The Hall–Kier alpha value is -3.09. The van der Waals surface area contributed by atoms with Gasteiger partial charge in [0.15, 0.2) is 0 Å². The number of benzene rings is 2.